The highest BCUT2D eigenvalue weighted by molar-refractivity contribution is 7.80. The van der Waals surface area contributed by atoms with Crippen molar-refractivity contribution in [2.75, 3.05) is 19.9 Å². The van der Waals surface area contributed by atoms with Gasteiger partial charge in [-0.1, -0.05) is 19.1 Å². The zero-order valence-corrected chi connectivity index (χ0v) is 20.1. The van der Waals surface area contributed by atoms with E-state index in [-0.39, 0.29) is 18.5 Å². The van der Waals surface area contributed by atoms with Crippen LogP contribution in [0.25, 0.3) is 10.9 Å². The van der Waals surface area contributed by atoms with Crippen molar-refractivity contribution in [3.8, 4) is 11.5 Å². The minimum absolute atomic E-state index is 0.102. The van der Waals surface area contributed by atoms with Crippen LogP contribution in [0.2, 0.25) is 0 Å². The Morgan fingerprint density at radius 3 is 2.79 bits per heavy atom. The number of hydrogen-bond acceptors (Lipinski definition) is 5. The molecule has 2 aromatic carbocycles. The summed E-state index contributed by atoms with van der Waals surface area (Å²) in [5, 5.41) is 4.97. The second-order valence-corrected chi connectivity index (χ2v) is 9.15. The van der Waals surface area contributed by atoms with Gasteiger partial charge in [-0.3, -0.25) is 4.79 Å². The molecule has 0 spiro atoms. The Morgan fingerprint density at radius 2 is 1.97 bits per heavy atom. The maximum Gasteiger partial charge on any atom is 0.253 e. The summed E-state index contributed by atoms with van der Waals surface area (Å²) in [5.74, 6) is 1.47. The van der Waals surface area contributed by atoms with Crippen molar-refractivity contribution in [1.29, 1.82) is 0 Å². The molecule has 0 unspecified atom stereocenters. The summed E-state index contributed by atoms with van der Waals surface area (Å²) in [6, 6.07) is 14.0. The molecule has 1 fully saturated rings. The van der Waals surface area contributed by atoms with Crippen LogP contribution in [0.4, 0.5) is 0 Å². The van der Waals surface area contributed by atoms with Crippen LogP contribution in [0.1, 0.15) is 36.5 Å². The molecule has 2 aliphatic heterocycles. The highest BCUT2D eigenvalue weighted by Crippen LogP contribution is 2.33. The fourth-order valence-corrected chi connectivity index (χ4v) is 4.63. The molecule has 1 atom stereocenters. The molecule has 0 radical (unpaired) electrons. The number of hydrogen-bond donors (Lipinski definition) is 2. The van der Waals surface area contributed by atoms with Crippen LogP contribution >= 0.6 is 12.2 Å². The average molecular weight is 480 g/mol. The van der Waals surface area contributed by atoms with Crippen molar-refractivity contribution in [2.24, 2.45) is 0 Å². The average Bonchev–Trinajstić information content (AvgIpc) is 3.54. The van der Waals surface area contributed by atoms with Gasteiger partial charge >= 0.3 is 0 Å². The van der Waals surface area contributed by atoms with Gasteiger partial charge in [0.05, 0.1) is 12.6 Å². The summed E-state index contributed by atoms with van der Waals surface area (Å²) in [6.07, 6.45) is 3.22. The lowest BCUT2D eigenvalue weighted by molar-refractivity contribution is 0.113. The highest BCUT2D eigenvalue weighted by atomic mass is 32.1. The third-order valence-electron chi connectivity index (χ3n) is 6.36. The number of thiocarbonyl (C=S) groups is 1. The molecule has 1 saturated heterocycles. The Morgan fingerprint density at radius 1 is 1.12 bits per heavy atom. The number of pyridine rings is 1. The molecular weight excluding hydrogens is 450 g/mol. The van der Waals surface area contributed by atoms with Crippen LogP contribution in [0, 0.1) is 0 Å². The van der Waals surface area contributed by atoms with Gasteiger partial charge in [-0.15, -0.1) is 0 Å². The van der Waals surface area contributed by atoms with E-state index in [0.717, 1.165) is 53.8 Å². The molecule has 1 aromatic heterocycles. The minimum Gasteiger partial charge on any atom is -0.454 e. The summed E-state index contributed by atoms with van der Waals surface area (Å²) in [6.45, 7) is 4.72. The first-order valence-electron chi connectivity index (χ1n) is 11.8. The maximum absolute atomic E-state index is 12.9. The number of aryl methyl sites for hydroxylation is 1. The Labute approximate surface area is 204 Å². The van der Waals surface area contributed by atoms with Gasteiger partial charge in [-0.2, -0.15) is 0 Å². The van der Waals surface area contributed by atoms with Gasteiger partial charge < -0.3 is 29.4 Å². The zero-order valence-electron chi connectivity index (χ0n) is 19.3. The topological polar surface area (TPSA) is 75.8 Å². The first-order chi connectivity index (χ1) is 16.6. The van der Waals surface area contributed by atoms with Crippen molar-refractivity contribution in [3.63, 3.8) is 0 Å². The number of ether oxygens (including phenoxy) is 3. The molecule has 3 heterocycles. The second kappa shape index (κ2) is 10.0. The second-order valence-electron chi connectivity index (χ2n) is 8.76. The molecule has 0 saturated carbocycles. The molecule has 5 rings (SSSR count). The number of nitrogens with zero attached hydrogens (tertiary/aromatic N) is 1. The van der Waals surface area contributed by atoms with E-state index >= 15 is 0 Å². The van der Waals surface area contributed by atoms with Crippen LogP contribution < -0.4 is 20.3 Å². The van der Waals surface area contributed by atoms with E-state index in [1.54, 1.807) is 0 Å². The third-order valence-corrected chi connectivity index (χ3v) is 6.76. The van der Waals surface area contributed by atoms with E-state index in [9.17, 15) is 4.79 Å². The fourth-order valence-electron chi connectivity index (χ4n) is 4.42. The van der Waals surface area contributed by atoms with Crippen molar-refractivity contribution < 1.29 is 14.2 Å². The van der Waals surface area contributed by atoms with E-state index < -0.39 is 0 Å². The van der Waals surface area contributed by atoms with Gasteiger partial charge in [0.15, 0.2) is 16.6 Å². The van der Waals surface area contributed by atoms with Crippen LogP contribution in [-0.4, -0.2) is 41.0 Å². The van der Waals surface area contributed by atoms with Gasteiger partial charge in [0, 0.05) is 30.8 Å². The van der Waals surface area contributed by atoms with Gasteiger partial charge in [-0.05, 0) is 78.3 Å². The van der Waals surface area contributed by atoms with E-state index in [0.29, 0.717) is 30.3 Å². The number of aromatic amines is 1. The normalized spacial score (nSPS) is 16.7. The molecule has 7 nitrogen and oxygen atoms in total. The molecule has 0 bridgehead atoms. The van der Waals surface area contributed by atoms with Gasteiger partial charge in [0.2, 0.25) is 6.79 Å². The molecule has 2 N–H and O–H groups in total. The van der Waals surface area contributed by atoms with Crippen LogP contribution in [-0.2, 0) is 24.2 Å². The lowest BCUT2D eigenvalue weighted by Crippen LogP contribution is -2.42. The van der Waals surface area contributed by atoms with Crippen molar-refractivity contribution in [3.05, 3.63) is 69.5 Å². The minimum atomic E-state index is -0.102. The quantitative estimate of drug-likeness (QED) is 0.498. The number of rotatable bonds is 7. The number of fused-ring (bicyclic) bond motifs is 2. The fraction of sp³-hybridized carbons (Fsp3) is 0.385. The van der Waals surface area contributed by atoms with Crippen molar-refractivity contribution >= 4 is 28.2 Å². The monoisotopic (exact) mass is 479 g/mol. The van der Waals surface area contributed by atoms with Gasteiger partial charge in [0.25, 0.3) is 5.56 Å². The summed E-state index contributed by atoms with van der Waals surface area (Å²) in [4.78, 5) is 18.0. The van der Waals surface area contributed by atoms with E-state index in [2.05, 4.69) is 23.3 Å². The van der Waals surface area contributed by atoms with Crippen LogP contribution in [0.15, 0.2) is 47.3 Å². The molecule has 178 valence electrons. The van der Waals surface area contributed by atoms with Crippen LogP contribution in [0.5, 0.6) is 11.5 Å². The molecule has 0 aliphatic carbocycles. The smallest absolute Gasteiger partial charge is 0.253 e. The first kappa shape index (κ1) is 22.7. The number of H-pyrrole nitrogens is 1. The van der Waals surface area contributed by atoms with Crippen molar-refractivity contribution in [1.82, 2.24) is 15.2 Å². The van der Waals surface area contributed by atoms with Gasteiger partial charge in [-0.25, -0.2) is 0 Å². The predicted octanol–water partition coefficient (Wildman–Crippen LogP) is 3.87. The molecule has 0 amide bonds. The zero-order chi connectivity index (χ0) is 23.5. The SMILES string of the molecule is CCc1ccc2[nH]c(=O)c(CN(Cc3ccc4c(c3)OCO4)C(=S)NC[C@H]3CCCO3)cc2c1. The van der Waals surface area contributed by atoms with E-state index in [1.807, 2.05) is 41.3 Å². The molecule has 2 aliphatic rings. The summed E-state index contributed by atoms with van der Waals surface area (Å²) < 4.78 is 16.7. The molecule has 3 aromatic rings. The summed E-state index contributed by atoms with van der Waals surface area (Å²) in [7, 11) is 0. The Bertz CT molecular complexity index is 1250. The molecule has 8 heteroatoms. The molecule has 34 heavy (non-hydrogen) atoms. The summed E-state index contributed by atoms with van der Waals surface area (Å²) >= 11 is 5.78. The predicted molar refractivity (Wildman–Crippen MR) is 135 cm³/mol. The number of benzene rings is 2. The number of aromatic nitrogens is 1. The lowest BCUT2D eigenvalue weighted by atomic mass is 10.1. The third kappa shape index (κ3) is 5.03. The molecular formula is C26H29N3O4S. The Kier molecular flexibility index (Phi) is 6.69. The largest absolute Gasteiger partial charge is 0.454 e. The number of nitrogens with one attached hydrogen (secondary N) is 2. The van der Waals surface area contributed by atoms with Gasteiger partial charge in [0.1, 0.15) is 0 Å². The standard InChI is InChI=1S/C26H29N3O4S/c1-2-17-5-7-22-19(10-17)12-20(25(30)28-22)15-29(26(34)27-13-21-4-3-9-31-21)14-18-6-8-23-24(11-18)33-16-32-23/h5-8,10-12,21H,2-4,9,13-16H2,1H3,(H,27,34)(H,28,30)/t21-/m1/s1. The Hall–Kier alpha value is -3.10. The van der Waals surface area contributed by atoms with Crippen molar-refractivity contribution in [2.45, 2.75) is 45.4 Å². The van der Waals surface area contributed by atoms with Crippen LogP contribution in [0.3, 0.4) is 0 Å². The van der Waals surface area contributed by atoms with E-state index in [1.165, 1.54) is 5.56 Å². The Balaban J connectivity index is 1.40. The van der Waals surface area contributed by atoms with E-state index in [4.69, 9.17) is 26.4 Å². The lowest BCUT2D eigenvalue weighted by Gasteiger charge is -2.27. The summed E-state index contributed by atoms with van der Waals surface area (Å²) in [5.41, 5.74) is 3.66. The first-order valence-corrected chi connectivity index (χ1v) is 12.2. The maximum atomic E-state index is 12.9. The highest BCUT2D eigenvalue weighted by Gasteiger charge is 2.20.